The lowest BCUT2D eigenvalue weighted by Crippen LogP contribution is -2.42. The van der Waals surface area contributed by atoms with E-state index in [4.69, 9.17) is 11.6 Å². The zero-order chi connectivity index (χ0) is 14.7. The second-order valence-electron chi connectivity index (χ2n) is 6.25. The summed E-state index contributed by atoms with van der Waals surface area (Å²) in [6, 6.07) is 7.52. The van der Waals surface area contributed by atoms with Crippen LogP contribution in [0.2, 0.25) is 5.02 Å². The highest BCUT2D eigenvalue weighted by atomic mass is 35.5. The van der Waals surface area contributed by atoms with Gasteiger partial charge in [0.25, 0.3) is 0 Å². The molecular weight excluding hydrogens is 284 g/mol. The predicted octanol–water partition coefficient (Wildman–Crippen LogP) is 3.33. The van der Waals surface area contributed by atoms with Crippen molar-refractivity contribution in [1.29, 1.82) is 0 Å². The highest BCUT2D eigenvalue weighted by Gasteiger charge is 2.27. The van der Waals surface area contributed by atoms with Crippen LogP contribution in [0.25, 0.3) is 0 Å². The summed E-state index contributed by atoms with van der Waals surface area (Å²) < 4.78 is 0. The van der Waals surface area contributed by atoms with Gasteiger partial charge in [0.15, 0.2) is 0 Å². The van der Waals surface area contributed by atoms with Gasteiger partial charge < -0.3 is 15.3 Å². The first kappa shape index (κ1) is 15.1. The molecule has 116 valence electrons. The molecule has 0 heterocycles. The second kappa shape index (κ2) is 6.99. The van der Waals surface area contributed by atoms with Crippen LogP contribution in [0.5, 0.6) is 0 Å². The molecule has 2 aliphatic rings. The summed E-state index contributed by atoms with van der Waals surface area (Å²) in [5.74, 6) is 0. The van der Waals surface area contributed by atoms with Crippen LogP contribution in [0, 0.1) is 0 Å². The first-order valence-electron chi connectivity index (χ1n) is 8.18. The van der Waals surface area contributed by atoms with E-state index in [1.165, 1.54) is 43.4 Å². The van der Waals surface area contributed by atoms with Gasteiger partial charge in [-0.05, 0) is 50.7 Å². The highest BCUT2D eigenvalue weighted by Crippen LogP contribution is 2.35. The van der Waals surface area contributed by atoms with E-state index < -0.39 is 0 Å². The Morgan fingerprint density at radius 1 is 1.24 bits per heavy atom. The van der Waals surface area contributed by atoms with Gasteiger partial charge >= 0.3 is 0 Å². The van der Waals surface area contributed by atoms with Gasteiger partial charge in [-0.1, -0.05) is 17.7 Å². The quantitative estimate of drug-likeness (QED) is 0.773. The monoisotopic (exact) mass is 308 g/mol. The van der Waals surface area contributed by atoms with Crippen LogP contribution in [0.3, 0.4) is 0 Å². The van der Waals surface area contributed by atoms with Crippen molar-refractivity contribution in [2.45, 2.75) is 57.2 Å². The van der Waals surface area contributed by atoms with E-state index in [-0.39, 0.29) is 6.61 Å². The molecule has 0 amide bonds. The third-order valence-corrected chi connectivity index (χ3v) is 4.98. The van der Waals surface area contributed by atoms with Crippen molar-refractivity contribution < 1.29 is 5.11 Å². The summed E-state index contributed by atoms with van der Waals surface area (Å²) in [5, 5.41) is 13.6. The maximum atomic E-state index is 9.18. The fourth-order valence-corrected chi connectivity index (χ4v) is 3.20. The van der Waals surface area contributed by atoms with Crippen LogP contribution in [0.1, 0.15) is 44.1 Å². The molecule has 2 saturated carbocycles. The number of anilines is 1. The van der Waals surface area contributed by atoms with Crippen molar-refractivity contribution in [1.82, 2.24) is 5.32 Å². The molecule has 4 heteroatoms. The van der Waals surface area contributed by atoms with Crippen molar-refractivity contribution in [3.05, 3.63) is 28.8 Å². The van der Waals surface area contributed by atoms with Crippen LogP contribution in [-0.4, -0.2) is 30.3 Å². The highest BCUT2D eigenvalue weighted by molar-refractivity contribution is 6.31. The molecule has 1 aromatic carbocycles. The average molecular weight is 309 g/mol. The first-order chi connectivity index (χ1) is 10.3. The Bertz CT molecular complexity index is 472. The predicted molar refractivity (Wildman–Crippen MR) is 88.0 cm³/mol. The lowest BCUT2D eigenvalue weighted by atomic mass is 9.90. The van der Waals surface area contributed by atoms with Crippen molar-refractivity contribution >= 4 is 17.3 Å². The van der Waals surface area contributed by atoms with E-state index in [1.807, 2.05) is 12.1 Å². The molecule has 0 spiro atoms. The lowest BCUT2D eigenvalue weighted by Gasteiger charge is -2.40. The molecule has 0 bridgehead atoms. The lowest BCUT2D eigenvalue weighted by molar-refractivity contribution is 0.283. The summed E-state index contributed by atoms with van der Waals surface area (Å²) in [4.78, 5) is 2.47. The standard InChI is InChI=1S/C17H25ClN2O/c18-16-6-2-7-17(15(16)12-19-13-8-9-13)20(10-3-11-21)14-4-1-5-14/h2,6-7,13-14,19,21H,1,3-5,8-12H2. The van der Waals surface area contributed by atoms with Gasteiger partial charge in [0.2, 0.25) is 0 Å². The van der Waals surface area contributed by atoms with Gasteiger partial charge in [-0.3, -0.25) is 0 Å². The van der Waals surface area contributed by atoms with Gasteiger partial charge in [0.1, 0.15) is 0 Å². The topological polar surface area (TPSA) is 35.5 Å². The Hall–Kier alpha value is -0.770. The van der Waals surface area contributed by atoms with Crippen molar-refractivity contribution in [3.63, 3.8) is 0 Å². The van der Waals surface area contributed by atoms with E-state index in [0.717, 1.165) is 24.5 Å². The average Bonchev–Trinajstić information content (AvgIpc) is 3.24. The Labute approximate surface area is 132 Å². The number of aliphatic hydroxyl groups is 1. The molecule has 2 aliphatic carbocycles. The zero-order valence-corrected chi connectivity index (χ0v) is 13.3. The molecule has 3 nitrogen and oxygen atoms in total. The maximum absolute atomic E-state index is 9.18. The summed E-state index contributed by atoms with van der Waals surface area (Å²) in [7, 11) is 0. The first-order valence-corrected chi connectivity index (χ1v) is 8.55. The Kier molecular flexibility index (Phi) is 5.04. The molecule has 0 radical (unpaired) electrons. The zero-order valence-electron chi connectivity index (χ0n) is 12.5. The van der Waals surface area contributed by atoms with E-state index in [1.54, 1.807) is 0 Å². The number of benzene rings is 1. The Morgan fingerprint density at radius 3 is 2.67 bits per heavy atom. The Balaban J connectivity index is 1.80. The molecule has 0 saturated heterocycles. The minimum Gasteiger partial charge on any atom is -0.396 e. The fourth-order valence-electron chi connectivity index (χ4n) is 2.96. The fraction of sp³-hybridized carbons (Fsp3) is 0.647. The summed E-state index contributed by atoms with van der Waals surface area (Å²) >= 11 is 6.46. The van der Waals surface area contributed by atoms with Crippen LogP contribution >= 0.6 is 11.6 Å². The molecule has 0 aliphatic heterocycles. The molecule has 0 unspecified atom stereocenters. The van der Waals surface area contributed by atoms with E-state index in [9.17, 15) is 5.11 Å². The van der Waals surface area contributed by atoms with Crippen molar-refractivity contribution in [3.8, 4) is 0 Å². The van der Waals surface area contributed by atoms with Gasteiger partial charge in [-0.15, -0.1) is 0 Å². The van der Waals surface area contributed by atoms with Crippen LogP contribution in [0.15, 0.2) is 18.2 Å². The minimum absolute atomic E-state index is 0.249. The molecule has 0 aromatic heterocycles. The van der Waals surface area contributed by atoms with Crippen molar-refractivity contribution in [2.75, 3.05) is 18.1 Å². The molecular formula is C17H25ClN2O. The number of halogens is 1. The van der Waals surface area contributed by atoms with Crippen LogP contribution < -0.4 is 10.2 Å². The number of hydrogen-bond donors (Lipinski definition) is 2. The van der Waals surface area contributed by atoms with Crippen molar-refractivity contribution in [2.24, 2.45) is 0 Å². The second-order valence-corrected chi connectivity index (χ2v) is 6.66. The van der Waals surface area contributed by atoms with Gasteiger partial charge in [0, 0.05) is 48.1 Å². The molecule has 1 aromatic rings. The summed E-state index contributed by atoms with van der Waals surface area (Å²) in [6.07, 6.45) is 7.23. The van der Waals surface area contributed by atoms with E-state index in [2.05, 4.69) is 16.3 Å². The third kappa shape index (κ3) is 3.71. The smallest absolute Gasteiger partial charge is 0.0471 e. The minimum atomic E-state index is 0.249. The normalized spacial score (nSPS) is 18.6. The summed E-state index contributed by atoms with van der Waals surface area (Å²) in [6.45, 7) is 2.01. The van der Waals surface area contributed by atoms with Gasteiger partial charge in [-0.2, -0.15) is 0 Å². The SMILES string of the molecule is OCCCN(c1cccc(Cl)c1CNC1CC1)C1CCC1. The molecule has 2 N–H and O–H groups in total. The van der Waals surface area contributed by atoms with Gasteiger partial charge in [-0.25, -0.2) is 0 Å². The summed E-state index contributed by atoms with van der Waals surface area (Å²) in [5.41, 5.74) is 2.48. The molecule has 0 atom stereocenters. The number of nitrogens with zero attached hydrogens (tertiary/aromatic N) is 1. The van der Waals surface area contributed by atoms with E-state index >= 15 is 0 Å². The largest absolute Gasteiger partial charge is 0.396 e. The molecule has 3 rings (SSSR count). The number of hydrogen-bond acceptors (Lipinski definition) is 3. The van der Waals surface area contributed by atoms with Crippen LogP contribution in [0.4, 0.5) is 5.69 Å². The molecule has 21 heavy (non-hydrogen) atoms. The number of rotatable bonds is 8. The Morgan fingerprint density at radius 2 is 2.05 bits per heavy atom. The van der Waals surface area contributed by atoms with E-state index in [0.29, 0.717) is 12.1 Å². The van der Waals surface area contributed by atoms with Gasteiger partial charge in [0.05, 0.1) is 0 Å². The van der Waals surface area contributed by atoms with Crippen LogP contribution in [-0.2, 0) is 6.54 Å². The number of aliphatic hydroxyl groups excluding tert-OH is 1. The third-order valence-electron chi connectivity index (χ3n) is 4.62. The maximum Gasteiger partial charge on any atom is 0.0471 e. The molecule has 2 fully saturated rings. The number of nitrogens with one attached hydrogen (secondary N) is 1.